The van der Waals surface area contributed by atoms with E-state index in [0.29, 0.717) is 0 Å². The lowest BCUT2D eigenvalue weighted by Gasteiger charge is -2.12. The standard InChI is InChI=1S/C18H23N5O2/c1-12-14(10-22-23-12)5-4-6-21-13(2)17(11-19-3)15-7-16(18(24)25)9-20-8-15/h7-11,21H,4-6H2,1-3H3,(H,22,23)(H,24,25)/b17-13-,19-11?. The van der Waals surface area contributed by atoms with Gasteiger partial charge in [-0.2, -0.15) is 5.10 Å². The van der Waals surface area contributed by atoms with E-state index in [1.165, 1.54) is 11.8 Å². The van der Waals surface area contributed by atoms with Crippen LogP contribution in [0.3, 0.4) is 0 Å². The molecule has 0 aromatic carbocycles. The fourth-order valence-corrected chi connectivity index (χ4v) is 2.50. The molecule has 0 amide bonds. The van der Waals surface area contributed by atoms with E-state index in [1.54, 1.807) is 25.5 Å². The summed E-state index contributed by atoms with van der Waals surface area (Å²) >= 11 is 0. The maximum Gasteiger partial charge on any atom is 0.337 e. The number of rotatable bonds is 8. The highest BCUT2D eigenvalue weighted by Gasteiger charge is 2.09. The molecular weight excluding hydrogens is 318 g/mol. The first-order valence-electron chi connectivity index (χ1n) is 8.07. The number of hydrogen-bond acceptors (Lipinski definition) is 5. The summed E-state index contributed by atoms with van der Waals surface area (Å²) in [6.45, 7) is 4.76. The van der Waals surface area contributed by atoms with E-state index in [4.69, 9.17) is 5.11 Å². The van der Waals surface area contributed by atoms with Gasteiger partial charge in [-0.15, -0.1) is 0 Å². The normalized spacial score (nSPS) is 12.3. The van der Waals surface area contributed by atoms with Crippen LogP contribution in [-0.2, 0) is 6.42 Å². The maximum absolute atomic E-state index is 11.1. The Balaban J connectivity index is 2.07. The van der Waals surface area contributed by atoms with Gasteiger partial charge in [0.1, 0.15) is 0 Å². The number of pyridine rings is 1. The van der Waals surface area contributed by atoms with Crippen LogP contribution in [0.15, 0.2) is 35.3 Å². The van der Waals surface area contributed by atoms with Gasteiger partial charge in [0.2, 0.25) is 0 Å². The zero-order valence-electron chi connectivity index (χ0n) is 14.7. The molecule has 0 aliphatic carbocycles. The maximum atomic E-state index is 11.1. The number of carbonyl (C=O) groups is 1. The van der Waals surface area contributed by atoms with Crippen molar-refractivity contribution in [2.24, 2.45) is 4.99 Å². The zero-order valence-corrected chi connectivity index (χ0v) is 14.7. The van der Waals surface area contributed by atoms with E-state index >= 15 is 0 Å². The molecule has 0 saturated carbocycles. The van der Waals surface area contributed by atoms with Crippen molar-refractivity contribution in [3.8, 4) is 0 Å². The minimum absolute atomic E-state index is 0.155. The molecule has 2 rings (SSSR count). The van der Waals surface area contributed by atoms with Crippen LogP contribution in [0.1, 0.15) is 40.5 Å². The van der Waals surface area contributed by atoms with Gasteiger partial charge in [-0.3, -0.25) is 15.1 Å². The van der Waals surface area contributed by atoms with E-state index in [2.05, 4.69) is 25.5 Å². The van der Waals surface area contributed by atoms with Crippen molar-refractivity contribution in [3.63, 3.8) is 0 Å². The van der Waals surface area contributed by atoms with Crippen molar-refractivity contribution >= 4 is 17.8 Å². The molecule has 0 aliphatic rings. The Morgan fingerprint density at radius 3 is 2.76 bits per heavy atom. The quantitative estimate of drug-likeness (QED) is 0.505. The van der Waals surface area contributed by atoms with Crippen molar-refractivity contribution in [2.75, 3.05) is 13.6 Å². The Labute approximate surface area is 146 Å². The second-order valence-corrected chi connectivity index (χ2v) is 5.74. The summed E-state index contributed by atoms with van der Waals surface area (Å²) in [7, 11) is 1.68. The highest BCUT2D eigenvalue weighted by atomic mass is 16.4. The van der Waals surface area contributed by atoms with Crippen LogP contribution in [0.5, 0.6) is 0 Å². The fourth-order valence-electron chi connectivity index (χ4n) is 2.50. The molecule has 0 spiro atoms. The third-order valence-corrected chi connectivity index (χ3v) is 3.91. The summed E-state index contributed by atoms with van der Waals surface area (Å²) in [6.07, 6.45) is 8.45. The summed E-state index contributed by atoms with van der Waals surface area (Å²) in [5.74, 6) is -0.997. The van der Waals surface area contributed by atoms with E-state index < -0.39 is 5.97 Å². The number of nitrogens with zero attached hydrogens (tertiary/aromatic N) is 3. The first-order chi connectivity index (χ1) is 12.0. The predicted octanol–water partition coefficient (Wildman–Crippen LogP) is 2.47. The van der Waals surface area contributed by atoms with Gasteiger partial charge in [-0.05, 0) is 38.3 Å². The number of aromatic carboxylic acids is 1. The molecule has 0 fully saturated rings. The highest BCUT2D eigenvalue weighted by molar-refractivity contribution is 6.11. The van der Waals surface area contributed by atoms with Gasteiger partial charge < -0.3 is 10.4 Å². The predicted molar refractivity (Wildman–Crippen MR) is 97.9 cm³/mol. The molecule has 7 heteroatoms. The summed E-state index contributed by atoms with van der Waals surface area (Å²) < 4.78 is 0. The molecule has 0 unspecified atom stereocenters. The molecular formula is C18H23N5O2. The second kappa shape index (κ2) is 8.77. The van der Waals surface area contributed by atoms with Gasteiger partial charge >= 0.3 is 5.97 Å². The Morgan fingerprint density at radius 2 is 2.12 bits per heavy atom. The average molecular weight is 341 g/mol. The van der Waals surface area contributed by atoms with Crippen LogP contribution in [0.2, 0.25) is 0 Å². The topological polar surface area (TPSA) is 103 Å². The van der Waals surface area contributed by atoms with Crippen molar-refractivity contribution in [1.29, 1.82) is 0 Å². The number of allylic oxidation sites excluding steroid dienone is 2. The van der Waals surface area contributed by atoms with Crippen molar-refractivity contribution in [3.05, 3.63) is 52.7 Å². The summed E-state index contributed by atoms with van der Waals surface area (Å²) in [4.78, 5) is 19.2. The second-order valence-electron chi connectivity index (χ2n) is 5.74. The summed E-state index contributed by atoms with van der Waals surface area (Å²) in [5.41, 5.74) is 4.96. The molecule has 0 aliphatic heterocycles. The van der Waals surface area contributed by atoms with E-state index in [9.17, 15) is 4.79 Å². The lowest BCUT2D eigenvalue weighted by molar-refractivity contribution is 0.0696. The number of nitrogens with one attached hydrogen (secondary N) is 2. The molecule has 3 N–H and O–H groups in total. The third kappa shape index (κ3) is 5.00. The molecule has 7 nitrogen and oxygen atoms in total. The van der Waals surface area contributed by atoms with Gasteiger partial charge in [0, 0.05) is 54.7 Å². The number of aromatic amines is 1. The van der Waals surface area contributed by atoms with Crippen LogP contribution in [0.25, 0.3) is 5.57 Å². The largest absolute Gasteiger partial charge is 0.478 e. The number of hydrogen-bond donors (Lipinski definition) is 3. The summed E-state index contributed by atoms with van der Waals surface area (Å²) in [6, 6.07) is 1.60. The Morgan fingerprint density at radius 1 is 1.36 bits per heavy atom. The lowest BCUT2D eigenvalue weighted by Crippen LogP contribution is -2.16. The Kier molecular flexibility index (Phi) is 6.45. The zero-order chi connectivity index (χ0) is 18.2. The number of carboxylic acid groups (broad SMARTS) is 1. The number of aliphatic imine (C=N–C) groups is 1. The molecule has 0 radical (unpaired) electrons. The minimum atomic E-state index is -0.997. The van der Waals surface area contributed by atoms with Crippen LogP contribution in [-0.4, -0.2) is 46.1 Å². The Bertz CT molecular complexity index is 792. The van der Waals surface area contributed by atoms with E-state index in [-0.39, 0.29) is 5.56 Å². The summed E-state index contributed by atoms with van der Waals surface area (Å²) in [5, 5.41) is 19.5. The van der Waals surface area contributed by atoms with Gasteiger partial charge in [-0.25, -0.2) is 4.79 Å². The smallest absolute Gasteiger partial charge is 0.337 e. The van der Waals surface area contributed by atoms with Crippen LogP contribution >= 0.6 is 0 Å². The van der Waals surface area contributed by atoms with Gasteiger partial charge in [-0.1, -0.05) is 0 Å². The monoisotopic (exact) mass is 341 g/mol. The molecule has 132 valence electrons. The van der Waals surface area contributed by atoms with Gasteiger partial charge in [0.05, 0.1) is 11.8 Å². The van der Waals surface area contributed by atoms with Crippen molar-refractivity contribution < 1.29 is 9.90 Å². The SMILES string of the molecule is CN=C/C(=C(\C)NCCCc1cn[nH]c1C)c1cncc(C(=O)O)c1. The van der Waals surface area contributed by atoms with Crippen LogP contribution < -0.4 is 5.32 Å². The molecule has 0 bridgehead atoms. The molecule has 2 aromatic rings. The molecule has 25 heavy (non-hydrogen) atoms. The Hall–Kier alpha value is -2.96. The third-order valence-electron chi connectivity index (χ3n) is 3.91. The minimum Gasteiger partial charge on any atom is -0.478 e. The van der Waals surface area contributed by atoms with Crippen LogP contribution in [0.4, 0.5) is 0 Å². The molecule has 0 saturated heterocycles. The van der Waals surface area contributed by atoms with Gasteiger partial charge in [0.15, 0.2) is 0 Å². The van der Waals surface area contributed by atoms with E-state index in [0.717, 1.165) is 41.9 Å². The van der Waals surface area contributed by atoms with Gasteiger partial charge in [0.25, 0.3) is 0 Å². The first kappa shape index (κ1) is 18.4. The van der Waals surface area contributed by atoms with Crippen molar-refractivity contribution in [1.82, 2.24) is 20.5 Å². The molecule has 2 heterocycles. The number of aromatic nitrogens is 3. The van der Waals surface area contributed by atoms with E-state index in [1.807, 2.05) is 20.0 Å². The number of carboxylic acids is 1. The van der Waals surface area contributed by atoms with Crippen molar-refractivity contribution in [2.45, 2.75) is 26.7 Å². The number of H-pyrrole nitrogens is 1. The fraction of sp³-hybridized carbons (Fsp3) is 0.333. The molecule has 2 aromatic heterocycles. The van der Waals surface area contributed by atoms with Crippen LogP contribution in [0, 0.1) is 6.92 Å². The lowest BCUT2D eigenvalue weighted by atomic mass is 10.0. The molecule has 0 atom stereocenters. The number of aryl methyl sites for hydroxylation is 2. The first-order valence-corrected chi connectivity index (χ1v) is 8.07. The highest BCUT2D eigenvalue weighted by Crippen LogP contribution is 2.16. The average Bonchev–Trinajstić information content (AvgIpc) is 3.01.